The van der Waals surface area contributed by atoms with Crippen molar-refractivity contribution in [2.45, 2.75) is 15.4 Å². The molecule has 0 amide bonds. The van der Waals surface area contributed by atoms with Gasteiger partial charge in [0.1, 0.15) is 0 Å². The summed E-state index contributed by atoms with van der Waals surface area (Å²) in [5, 5.41) is 0. The first kappa shape index (κ1) is 12.1. The summed E-state index contributed by atoms with van der Waals surface area (Å²) in [5.41, 5.74) is 0. The van der Waals surface area contributed by atoms with Gasteiger partial charge in [-0.25, -0.2) is 0 Å². The first-order valence-electron chi connectivity index (χ1n) is 3.99. The normalized spacial score (nSPS) is 36.1. The van der Waals surface area contributed by atoms with Crippen LogP contribution in [0.15, 0.2) is 12.3 Å². The molecule has 3 aliphatic rings. The van der Waals surface area contributed by atoms with Crippen LogP contribution in [0.5, 0.6) is 0 Å². The van der Waals surface area contributed by atoms with Crippen LogP contribution < -0.4 is 0 Å². The predicted octanol–water partition coefficient (Wildman–Crippen LogP) is -0.189. The van der Waals surface area contributed by atoms with E-state index >= 15 is 0 Å². The van der Waals surface area contributed by atoms with Gasteiger partial charge in [-0.05, 0) is 4.28 Å². The van der Waals surface area contributed by atoms with E-state index in [2.05, 4.69) is 4.74 Å². The van der Waals surface area contributed by atoms with Crippen molar-refractivity contribution in [3.05, 3.63) is 12.3 Å². The zero-order chi connectivity index (χ0) is 10.9. The van der Waals surface area contributed by atoms with Gasteiger partial charge in [-0.1, -0.05) is 10.9 Å². The molecule has 2 bridgehead atoms. The summed E-state index contributed by atoms with van der Waals surface area (Å²) < 4.78 is 39.2. The van der Waals surface area contributed by atoms with E-state index < -0.39 is 6.36 Å². The van der Waals surface area contributed by atoms with Crippen molar-refractivity contribution >= 4 is 54.2 Å². The molecule has 0 saturated carbocycles. The Morgan fingerprint density at radius 3 is 2.07 bits per heavy atom. The maximum absolute atomic E-state index is 11.8. The van der Waals surface area contributed by atoms with Crippen LogP contribution in [0.3, 0.4) is 0 Å². The van der Waals surface area contributed by atoms with E-state index in [9.17, 15) is 13.2 Å². The molecule has 0 unspecified atom stereocenters. The molecule has 3 aliphatic heterocycles. The summed E-state index contributed by atoms with van der Waals surface area (Å²) in [6.07, 6.45) is -1.96. The van der Waals surface area contributed by atoms with Crippen molar-refractivity contribution in [2.75, 3.05) is 0 Å². The van der Waals surface area contributed by atoms with Crippen LogP contribution in [-0.2, 0) is 4.74 Å². The number of halogens is 3. The van der Waals surface area contributed by atoms with Crippen LogP contribution in [0.25, 0.3) is 0 Å². The molecule has 12 radical (unpaired) electrons. The topological polar surface area (TPSA) is 9.23 Å². The highest BCUT2D eigenvalue weighted by Gasteiger charge is 2.41. The Morgan fingerprint density at radius 2 is 1.60 bits per heavy atom. The van der Waals surface area contributed by atoms with Crippen LogP contribution in [0.4, 0.5) is 13.2 Å². The molecule has 74 valence electrons. The number of rotatable bonds is 2. The molecule has 0 atom stereocenters. The average Bonchev–Trinajstić information content (AvgIpc) is 2.18. The predicted molar refractivity (Wildman–Crippen MR) is 57.2 cm³/mol. The first-order chi connectivity index (χ1) is 6.99. The number of fused-ring (bicyclic) bond motifs is 3. The Morgan fingerprint density at radius 1 is 1.07 bits per heavy atom. The van der Waals surface area contributed by atoms with Gasteiger partial charge in [0.15, 0.2) is 0 Å². The fourth-order valence-electron chi connectivity index (χ4n) is 1.10. The molecule has 0 N–H and O–H groups in total. The highest BCUT2D eigenvalue weighted by Crippen LogP contribution is 2.33. The van der Waals surface area contributed by atoms with E-state index in [4.69, 9.17) is 0 Å². The largest absolute Gasteiger partial charge is 0.572 e. The van der Waals surface area contributed by atoms with Crippen molar-refractivity contribution in [3.8, 4) is 0 Å². The second kappa shape index (κ2) is 4.48. The Bertz CT molecular complexity index is 246. The highest BCUT2D eigenvalue weighted by atomic mass is 29.3. The molecule has 0 aromatic carbocycles. The van der Waals surface area contributed by atoms with Gasteiger partial charge < -0.3 is 4.74 Å². The van der Waals surface area contributed by atoms with Gasteiger partial charge in [-0.15, -0.1) is 13.2 Å². The van der Waals surface area contributed by atoms with Crippen molar-refractivity contribution < 1.29 is 17.9 Å². The summed E-state index contributed by atoms with van der Waals surface area (Å²) in [7, 11) is 5.48. The van der Waals surface area contributed by atoms with Crippen molar-refractivity contribution in [1.29, 1.82) is 0 Å². The molecule has 0 spiro atoms. The average molecular weight is 305 g/mol. The minimum Gasteiger partial charge on any atom is -0.414 e. The van der Waals surface area contributed by atoms with Gasteiger partial charge in [-0.2, -0.15) is 0 Å². The maximum atomic E-state index is 11.8. The molecule has 3 heterocycles. The number of alkyl halides is 3. The van der Waals surface area contributed by atoms with Crippen LogP contribution in [0.1, 0.15) is 0 Å². The molecule has 15 heavy (non-hydrogen) atoms. The lowest BCUT2D eigenvalue weighted by molar-refractivity contribution is -0.298. The summed E-state index contributed by atoms with van der Waals surface area (Å²) in [6.45, 7) is 0. The molecule has 0 aromatic heterocycles. The number of allylic oxidation sites excluding steroid dienone is 1. The quantitative estimate of drug-likeness (QED) is 0.508. The fourth-order valence-corrected chi connectivity index (χ4v) is 30.7. The maximum Gasteiger partial charge on any atom is 0.572 e. The van der Waals surface area contributed by atoms with E-state index in [0.29, 0.717) is 0 Å². The van der Waals surface area contributed by atoms with E-state index in [0.717, 1.165) is 65.3 Å². The van der Waals surface area contributed by atoms with Gasteiger partial charge >= 0.3 is 6.36 Å². The standard InChI is InChI=1S/C5H3F3OSi6/c6-5(7,8)9-2-1-4-13-10-3(11-14-4)12-15-4/h1-3H/b2-1+. The number of hydrogen-bond acceptors (Lipinski definition) is 1. The summed E-state index contributed by atoms with van der Waals surface area (Å²) in [6, 6.07) is 0. The van der Waals surface area contributed by atoms with Gasteiger partial charge in [0, 0.05) is 54.2 Å². The Labute approximate surface area is 99.9 Å². The van der Waals surface area contributed by atoms with Crippen LogP contribution >= 0.6 is 0 Å². The lowest BCUT2D eigenvalue weighted by Gasteiger charge is -2.42. The third-order valence-electron chi connectivity index (χ3n) is 1.76. The van der Waals surface area contributed by atoms with E-state index in [1.54, 1.807) is 6.08 Å². The molecule has 1 nitrogen and oxygen atoms in total. The first-order valence-corrected chi connectivity index (χ1v) is 13.2. The zero-order valence-corrected chi connectivity index (χ0v) is 13.3. The van der Waals surface area contributed by atoms with E-state index in [1.807, 2.05) is 0 Å². The second-order valence-electron chi connectivity index (χ2n) is 2.92. The van der Waals surface area contributed by atoms with Crippen molar-refractivity contribution in [2.24, 2.45) is 0 Å². The SMILES string of the molecule is FC(F)(F)O/C=C/C12[Si][Si]C([Si][Si]1)[Si][Si]2. The Kier molecular flexibility index (Phi) is 3.61. The fraction of sp³-hybridized carbons (Fsp3) is 0.600. The Hall–Kier alpha value is 0.631. The van der Waals surface area contributed by atoms with Crippen molar-refractivity contribution in [1.82, 2.24) is 0 Å². The minimum absolute atomic E-state index is 0.120. The van der Waals surface area contributed by atoms with Crippen molar-refractivity contribution in [3.63, 3.8) is 0 Å². The monoisotopic (exact) mass is 304 g/mol. The molecule has 3 rings (SSSR count). The second-order valence-corrected chi connectivity index (χ2v) is 16.7. The van der Waals surface area contributed by atoms with Crippen LogP contribution in [0, 0.1) is 0 Å². The molecule has 3 fully saturated rings. The van der Waals surface area contributed by atoms with Gasteiger partial charge in [0.05, 0.1) is 6.26 Å². The highest BCUT2D eigenvalue weighted by molar-refractivity contribution is 7.41. The van der Waals surface area contributed by atoms with Gasteiger partial charge in [-0.3, -0.25) is 0 Å². The van der Waals surface area contributed by atoms with Gasteiger partial charge in [0.2, 0.25) is 0 Å². The summed E-state index contributed by atoms with van der Waals surface area (Å²) in [4.78, 5) is 0.943. The van der Waals surface area contributed by atoms with Crippen LogP contribution in [0.2, 0.25) is 9.07 Å². The number of ether oxygens (including phenoxy) is 1. The summed E-state index contributed by atoms with van der Waals surface area (Å²) in [5.74, 6) is 0. The molecule has 0 aromatic rings. The Balaban J connectivity index is 1.92. The molecule has 0 aliphatic carbocycles. The zero-order valence-electron chi connectivity index (χ0n) is 7.27. The minimum atomic E-state index is -4.53. The molecule has 10 heteroatoms. The lowest BCUT2D eigenvalue weighted by Crippen LogP contribution is -2.56. The summed E-state index contributed by atoms with van der Waals surface area (Å²) >= 11 is 0. The number of hydrogen-bond donors (Lipinski definition) is 0. The van der Waals surface area contributed by atoms with Gasteiger partial charge in [0.25, 0.3) is 0 Å². The third kappa shape index (κ3) is 3.29. The molecular formula is C5H3F3OSi6. The smallest absolute Gasteiger partial charge is 0.414 e. The van der Waals surface area contributed by atoms with E-state index in [-0.39, 0.29) is 4.28 Å². The molecular weight excluding hydrogens is 302 g/mol. The molecule has 3 saturated heterocycles. The van der Waals surface area contributed by atoms with Crippen LogP contribution in [-0.4, -0.2) is 60.6 Å². The third-order valence-corrected chi connectivity index (χ3v) is 26.7. The van der Waals surface area contributed by atoms with E-state index in [1.165, 1.54) is 0 Å². The lowest BCUT2D eigenvalue weighted by atomic mass is 10.7.